The largest absolute Gasteiger partial charge is 0.349 e. The van der Waals surface area contributed by atoms with Crippen molar-refractivity contribution in [2.24, 2.45) is 0 Å². The Morgan fingerprint density at radius 1 is 1.50 bits per heavy atom. The minimum Gasteiger partial charge on any atom is -0.349 e. The van der Waals surface area contributed by atoms with Gasteiger partial charge in [0.1, 0.15) is 5.82 Å². The zero-order valence-electron chi connectivity index (χ0n) is 10.1. The maximum Gasteiger partial charge on any atom is 0.254 e. The summed E-state index contributed by atoms with van der Waals surface area (Å²) in [4.78, 5) is 12.0. The number of halogens is 2. The summed E-state index contributed by atoms with van der Waals surface area (Å²) in [6.45, 7) is 0. The van der Waals surface area contributed by atoms with E-state index in [1.807, 2.05) is 11.8 Å². The number of rotatable bonds is 3. The molecule has 1 aromatic rings. The molecule has 2 rings (SSSR count). The summed E-state index contributed by atoms with van der Waals surface area (Å²) in [6, 6.07) is 4.17. The van der Waals surface area contributed by atoms with Crippen molar-refractivity contribution in [3.8, 4) is 0 Å². The Morgan fingerprint density at radius 2 is 2.28 bits per heavy atom. The van der Waals surface area contributed by atoms with Crippen LogP contribution in [0.1, 0.15) is 29.6 Å². The number of hydrogen-bond acceptors (Lipinski definition) is 2. The molecule has 0 radical (unpaired) electrons. The quantitative estimate of drug-likeness (QED) is 0.922. The molecule has 0 heterocycles. The van der Waals surface area contributed by atoms with Crippen molar-refractivity contribution in [2.75, 3.05) is 6.26 Å². The van der Waals surface area contributed by atoms with E-state index in [1.165, 1.54) is 18.2 Å². The predicted molar refractivity (Wildman–Crippen MR) is 73.8 cm³/mol. The molecular formula is C13H15ClFNOS. The third-order valence-corrected chi connectivity index (χ3v) is 4.56. The number of nitrogens with one attached hydrogen (secondary N) is 1. The lowest BCUT2D eigenvalue weighted by atomic mass is 10.1. The van der Waals surface area contributed by atoms with E-state index in [0.29, 0.717) is 10.3 Å². The molecule has 2 unspecified atom stereocenters. The second kappa shape index (κ2) is 5.93. The van der Waals surface area contributed by atoms with Crippen LogP contribution in [-0.4, -0.2) is 23.5 Å². The fourth-order valence-corrected chi connectivity index (χ4v) is 3.19. The zero-order chi connectivity index (χ0) is 13.1. The van der Waals surface area contributed by atoms with Crippen molar-refractivity contribution in [1.29, 1.82) is 0 Å². The van der Waals surface area contributed by atoms with Gasteiger partial charge in [0.05, 0.1) is 5.56 Å². The summed E-state index contributed by atoms with van der Waals surface area (Å²) in [5.41, 5.74) is 0.0232. The van der Waals surface area contributed by atoms with Gasteiger partial charge in [-0.05, 0) is 43.7 Å². The Kier molecular flexibility index (Phi) is 4.51. The van der Waals surface area contributed by atoms with Crippen LogP contribution in [0.2, 0.25) is 5.02 Å². The third-order valence-electron chi connectivity index (χ3n) is 3.23. The molecule has 1 saturated carbocycles. The smallest absolute Gasteiger partial charge is 0.254 e. The van der Waals surface area contributed by atoms with E-state index in [1.54, 1.807) is 0 Å². The maximum absolute atomic E-state index is 13.5. The average molecular weight is 288 g/mol. The first-order valence-electron chi connectivity index (χ1n) is 5.89. The van der Waals surface area contributed by atoms with Crippen LogP contribution in [0, 0.1) is 5.82 Å². The first-order valence-corrected chi connectivity index (χ1v) is 7.55. The molecule has 98 valence electrons. The highest BCUT2D eigenvalue weighted by atomic mass is 35.5. The first kappa shape index (κ1) is 13.7. The van der Waals surface area contributed by atoms with Crippen LogP contribution < -0.4 is 5.32 Å². The number of amides is 1. The number of carbonyl (C=O) groups excluding carboxylic acids is 1. The molecule has 0 bridgehead atoms. The lowest BCUT2D eigenvalue weighted by molar-refractivity contribution is 0.0934. The maximum atomic E-state index is 13.5. The molecule has 2 nitrogen and oxygen atoms in total. The molecule has 0 aromatic heterocycles. The van der Waals surface area contributed by atoms with E-state index < -0.39 is 5.82 Å². The fourth-order valence-electron chi connectivity index (χ4n) is 2.22. The van der Waals surface area contributed by atoms with Gasteiger partial charge in [-0.15, -0.1) is 0 Å². The van der Waals surface area contributed by atoms with Crippen LogP contribution in [-0.2, 0) is 0 Å². The minimum absolute atomic E-state index is 0.0232. The summed E-state index contributed by atoms with van der Waals surface area (Å²) in [6.07, 6.45) is 5.09. The second-order valence-electron chi connectivity index (χ2n) is 4.47. The summed E-state index contributed by atoms with van der Waals surface area (Å²) >= 11 is 7.59. The Balaban J connectivity index is 2.02. The van der Waals surface area contributed by atoms with Gasteiger partial charge in [0.25, 0.3) is 5.91 Å². The number of hydrogen-bond donors (Lipinski definition) is 1. The molecule has 2 atom stereocenters. The van der Waals surface area contributed by atoms with Crippen molar-refractivity contribution in [3.05, 3.63) is 34.6 Å². The summed E-state index contributed by atoms with van der Waals surface area (Å²) in [5.74, 6) is -0.905. The molecular weight excluding hydrogens is 273 g/mol. The standard InChI is InChI=1S/C13H15ClFNOS/c1-18-10-4-3-9(7-10)16-13(17)11-6-8(14)2-5-12(11)15/h2,5-6,9-10H,3-4,7H2,1H3,(H,16,17). The molecule has 5 heteroatoms. The van der Waals surface area contributed by atoms with Gasteiger partial charge in [0.15, 0.2) is 0 Å². The fraction of sp³-hybridized carbons (Fsp3) is 0.462. The topological polar surface area (TPSA) is 29.1 Å². The molecule has 1 aliphatic carbocycles. The van der Waals surface area contributed by atoms with E-state index in [-0.39, 0.29) is 17.5 Å². The van der Waals surface area contributed by atoms with Crippen molar-refractivity contribution in [3.63, 3.8) is 0 Å². The molecule has 1 N–H and O–H groups in total. The van der Waals surface area contributed by atoms with Crippen molar-refractivity contribution in [1.82, 2.24) is 5.32 Å². The average Bonchev–Trinajstić information content (AvgIpc) is 2.80. The molecule has 1 amide bonds. The molecule has 1 fully saturated rings. The molecule has 0 saturated heterocycles. The normalized spacial score (nSPS) is 23.1. The van der Waals surface area contributed by atoms with E-state index in [4.69, 9.17) is 11.6 Å². The van der Waals surface area contributed by atoms with E-state index in [0.717, 1.165) is 19.3 Å². The molecule has 0 spiro atoms. The van der Waals surface area contributed by atoms with Gasteiger partial charge in [0.2, 0.25) is 0 Å². The highest BCUT2D eigenvalue weighted by Gasteiger charge is 2.26. The van der Waals surface area contributed by atoms with Gasteiger partial charge >= 0.3 is 0 Å². The van der Waals surface area contributed by atoms with Crippen LogP contribution in [0.15, 0.2) is 18.2 Å². The highest BCUT2D eigenvalue weighted by Crippen LogP contribution is 2.28. The zero-order valence-corrected chi connectivity index (χ0v) is 11.7. The van der Waals surface area contributed by atoms with Crippen molar-refractivity contribution < 1.29 is 9.18 Å². The summed E-state index contributed by atoms with van der Waals surface area (Å²) in [5, 5.41) is 3.84. The number of thioether (sulfide) groups is 1. The Morgan fingerprint density at radius 3 is 2.94 bits per heavy atom. The first-order chi connectivity index (χ1) is 8.60. The number of benzene rings is 1. The third kappa shape index (κ3) is 3.18. The summed E-state index contributed by atoms with van der Waals surface area (Å²) < 4.78 is 13.5. The van der Waals surface area contributed by atoms with E-state index in [9.17, 15) is 9.18 Å². The van der Waals surface area contributed by atoms with Gasteiger partial charge in [-0.2, -0.15) is 11.8 Å². The molecule has 1 aromatic carbocycles. The highest BCUT2D eigenvalue weighted by molar-refractivity contribution is 7.99. The van der Waals surface area contributed by atoms with Gasteiger partial charge < -0.3 is 5.32 Å². The second-order valence-corrected chi connectivity index (χ2v) is 6.04. The molecule has 1 aliphatic rings. The van der Waals surface area contributed by atoms with Crippen LogP contribution in [0.4, 0.5) is 4.39 Å². The molecule has 0 aliphatic heterocycles. The molecule has 18 heavy (non-hydrogen) atoms. The summed E-state index contributed by atoms with van der Waals surface area (Å²) in [7, 11) is 0. The SMILES string of the molecule is CSC1CCC(NC(=O)c2cc(Cl)ccc2F)C1. The van der Waals surface area contributed by atoms with Crippen LogP contribution >= 0.6 is 23.4 Å². The van der Waals surface area contributed by atoms with Crippen LogP contribution in [0.5, 0.6) is 0 Å². The van der Waals surface area contributed by atoms with E-state index in [2.05, 4.69) is 11.6 Å². The van der Waals surface area contributed by atoms with Crippen LogP contribution in [0.25, 0.3) is 0 Å². The predicted octanol–water partition coefficient (Wildman–Crippen LogP) is 3.49. The van der Waals surface area contributed by atoms with Gasteiger partial charge in [0, 0.05) is 16.3 Å². The van der Waals surface area contributed by atoms with Gasteiger partial charge in [-0.1, -0.05) is 11.6 Å². The van der Waals surface area contributed by atoms with E-state index >= 15 is 0 Å². The Labute approximate surface area is 115 Å². The lowest BCUT2D eigenvalue weighted by Crippen LogP contribution is -2.33. The van der Waals surface area contributed by atoms with Gasteiger partial charge in [-0.25, -0.2) is 4.39 Å². The lowest BCUT2D eigenvalue weighted by Gasteiger charge is -2.13. The minimum atomic E-state index is -0.531. The monoisotopic (exact) mass is 287 g/mol. The number of carbonyl (C=O) groups is 1. The van der Waals surface area contributed by atoms with Crippen molar-refractivity contribution in [2.45, 2.75) is 30.6 Å². The van der Waals surface area contributed by atoms with Gasteiger partial charge in [-0.3, -0.25) is 4.79 Å². The van der Waals surface area contributed by atoms with Crippen molar-refractivity contribution >= 4 is 29.3 Å². The Hall–Kier alpha value is -0.740. The Bertz CT molecular complexity index is 455. The van der Waals surface area contributed by atoms with Crippen LogP contribution in [0.3, 0.4) is 0 Å².